The van der Waals surface area contributed by atoms with Gasteiger partial charge in [0.15, 0.2) is 0 Å². The topological polar surface area (TPSA) is 110 Å². The number of anilines is 1. The maximum Gasteiger partial charge on any atom is 0.271 e. The highest BCUT2D eigenvalue weighted by Gasteiger charge is 2.35. The van der Waals surface area contributed by atoms with Crippen molar-refractivity contribution in [3.63, 3.8) is 0 Å². The lowest BCUT2D eigenvalue weighted by Gasteiger charge is -2.12. The van der Waals surface area contributed by atoms with Gasteiger partial charge in [0.2, 0.25) is 0 Å². The van der Waals surface area contributed by atoms with E-state index in [0.717, 1.165) is 6.42 Å². The van der Waals surface area contributed by atoms with E-state index in [-0.39, 0.29) is 34.0 Å². The first-order valence-corrected chi connectivity index (χ1v) is 8.48. The molecule has 0 saturated heterocycles. The molecule has 0 fully saturated rings. The molecular formula is C19H17N3O5. The number of nitro groups is 1. The summed E-state index contributed by atoms with van der Waals surface area (Å²) >= 11 is 0. The molecule has 27 heavy (non-hydrogen) atoms. The van der Waals surface area contributed by atoms with Crippen LogP contribution in [0.2, 0.25) is 0 Å². The second-order valence-corrected chi connectivity index (χ2v) is 6.14. The first-order valence-electron chi connectivity index (χ1n) is 8.48. The van der Waals surface area contributed by atoms with Crippen LogP contribution >= 0.6 is 0 Å². The summed E-state index contributed by atoms with van der Waals surface area (Å²) in [4.78, 5) is 48.7. The molecule has 138 valence electrons. The third-order valence-electron chi connectivity index (χ3n) is 4.28. The third kappa shape index (κ3) is 3.55. The zero-order chi connectivity index (χ0) is 19.6. The highest BCUT2D eigenvalue weighted by molar-refractivity contribution is 6.22. The molecule has 0 bridgehead atoms. The second kappa shape index (κ2) is 7.36. The van der Waals surface area contributed by atoms with Crippen LogP contribution in [0.5, 0.6) is 0 Å². The van der Waals surface area contributed by atoms with Gasteiger partial charge < -0.3 is 5.32 Å². The molecule has 2 aromatic rings. The lowest BCUT2D eigenvalue weighted by Crippen LogP contribution is -2.30. The fourth-order valence-corrected chi connectivity index (χ4v) is 2.85. The normalized spacial score (nSPS) is 12.9. The summed E-state index contributed by atoms with van der Waals surface area (Å²) in [5.41, 5.74) is 0.792. The quantitative estimate of drug-likeness (QED) is 0.479. The van der Waals surface area contributed by atoms with Gasteiger partial charge >= 0.3 is 0 Å². The van der Waals surface area contributed by atoms with Gasteiger partial charge in [-0.05, 0) is 30.7 Å². The van der Waals surface area contributed by atoms with Gasteiger partial charge in [0, 0.05) is 29.9 Å². The van der Waals surface area contributed by atoms with E-state index in [0.29, 0.717) is 13.0 Å². The number of carbonyl (C=O) groups is 3. The van der Waals surface area contributed by atoms with Crippen LogP contribution in [0.15, 0.2) is 42.5 Å². The summed E-state index contributed by atoms with van der Waals surface area (Å²) in [7, 11) is 0. The number of amides is 3. The van der Waals surface area contributed by atoms with Crippen molar-refractivity contribution in [3.8, 4) is 0 Å². The molecule has 1 aliphatic heterocycles. The minimum Gasteiger partial charge on any atom is -0.322 e. The number of rotatable bonds is 6. The average Bonchev–Trinajstić information content (AvgIpc) is 2.90. The van der Waals surface area contributed by atoms with Gasteiger partial charge in [0.05, 0.1) is 16.1 Å². The van der Waals surface area contributed by atoms with Crippen LogP contribution < -0.4 is 5.32 Å². The Hall–Kier alpha value is -3.55. The van der Waals surface area contributed by atoms with Crippen molar-refractivity contribution in [3.05, 3.63) is 69.3 Å². The summed E-state index contributed by atoms with van der Waals surface area (Å²) in [5.74, 6) is -1.28. The lowest BCUT2D eigenvalue weighted by atomic mass is 10.1. The number of nitrogens with zero attached hydrogens (tertiary/aromatic N) is 2. The van der Waals surface area contributed by atoms with Crippen molar-refractivity contribution in [2.45, 2.75) is 19.8 Å². The molecule has 3 amide bonds. The van der Waals surface area contributed by atoms with Crippen molar-refractivity contribution >= 4 is 29.1 Å². The number of imide groups is 1. The highest BCUT2D eigenvalue weighted by Crippen LogP contribution is 2.25. The van der Waals surface area contributed by atoms with Gasteiger partial charge in [-0.15, -0.1) is 0 Å². The molecule has 0 spiro atoms. The van der Waals surface area contributed by atoms with Crippen LogP contribution in [0.1, 0.15) is 50.8 Å². The maximum atomic E-state index is 12.5. The Morgan fingerprint density at radius 3 is 2.56 bits per heavy atom. The number of hydrogen-bond acceptors (Lipinski definition) is 5. The Kier molecular flexibility index (Phi) is 4.98. The molecule has 0 radical (unpaired) electrons. The smallest absolute Gasteiger partial charge is 0.271 e. The summed E-state index contributed by atoms with van der Waals surface area (Å²) in [6.07, 6.45) is 1.57. The van der Waals surface area contributed by atoms with Crippen LogP contribution in [0.25, 0.3) is 0 Å². The van der Waals surface area contributed by atoms with E-state index in [4.69, 9.17) is 0 Å². The van der Waals surface area contributed by atoms with E-state index >= 15 is 0 Å². The van der Waals surface area contributed by atoms with Gasteiger partial charge in [0.25, 0.3) is 23.4 Å². The number of nitro benzene ring substituents is 1. The Balaban J connectivity index is 1.82. The molecule has 0 aliphatic carbocycles. The largest absolute Gasteiger partial charge is 0.322 e. The van der Waals surface area contributed by atoms with Crippen molar-refractivity contribution in [1.29, 1.82) is 0 Å². The standard InChI is InChI=1S/C19H17N3O5/c1-2-3-9-21-18(24)15-8-7-12(10-16(15)19(21)25)17(23)20-13-5-4-6-14(11-13)22(26)27/h4-8,10-11H,2-3,9H2,1H3,(H,20,23). The molecular weight excluding hydrogens is 350 g/mol. The Bertz CT molecular complexity index is 954. The number of hydrogen-bond donors (Lipinski definition) is 1. The van der Waals surface area contributed by atoms with Crippen LogP contribution in [0, 0.1) is 10.1 Å². The number of unbranched alkanes of at least 4 members (excludes halogenated alkanes) is 1. The predicted octanol–water partition coefficient (Wildman–Crippen LogP) is 3.24. The number of carbonyl (C=O) groups excluding carboxylic acids is 3. The molecule has 3 rings (SSSR count). The molecule has 1 aliphatic rings. The molecule has 8 heteroatoms. The van der Waals surface area contributed by atoms with E-state index < -0.39 is 16.7 Å². The van der Waals surface area contributed by atoms with E-state index in [9.17, 15) is 24.5 Å². The number of nitrogens with one attached hydrogen (secondary N) is 1. The molecule has 2 aromatic carbocycles. The fraction of sp³-hybridized carbons (Fsp3) is 0.211. The minimum absolute atomic E-state index is 0.144. The van der Waals surface area contributed by atoms with Gasteiger partial charge in [-0.25, -0.2) is 0 Å². The Morgan fingerprint density at radius 1 is 1.11 bits per heavy atom. The molecule has 0 aromatic heterocycles. The van der Waals surface area contributed by atoms with Gasteiger partial charge in [-0.1, -0.05) is 19.4 Å². The van der Waals surface area contributed by atoms with Crippen LogP contribution in [0.3, 0.4) is 0 Å². The Labute approximate surface area is 154 Å². The fourth-order valence-electron chi connectivity index (χ4n) is 2.85. The number of benzene rings is 2. The summed E-state index contributed by atoms with van der Waals surface area (Å²) < 4.78 is 0. The summed E-state index contributed by atoms with van der Waals surface area (Å²) in [5, 5.41) is 13.4. The van der Waals surface area contributed by atoms with Gasteiger partial charge in [0.1, 0.15) is 0 Å². The zero-order valence-corrected chi connectivity index (χ0v) is 14.6. The van der Waals surface area contributed by atoms with Crippen LogP contribution in [0.4, 0.5) is 11.4 Å². The lowest BCUT2D eigenvalue weighted by molar-refractivity contribution is -0.384. The van der Waals surface area contributed by atoms with E-state index in [1.54, 1.807) is 0 Å². The second-order valence-electron chi connectivity index (χ2n) is 6.14. The van der Waals surface area contributed by atoms with Crippen molar-refractivity contribution in [2.75, 3.05) is 11.9 Å². The average molecular weight is 367 g/mol. The summed E-state index contributed by atoms with van der Waals surface area (Å²) in [6.45, 7) is 2.31. The van der Waals surface area contributed by atoms with Crippen molar-refractivity contribution in [1.82, 2.24) is 4.90 Å². The molecule has 1 heterocycles. The van der Waals surface area contributed by atoms with Crippen LogP contribution in [-0.2, 0) is 0 Å². The maximum absolute atomic E-state index is 12.5. The molecule has 0 saturated carbocycles. The third-order valence-corrected chi connectivity index (χ3v) is 4.28. The number of non-ortho nitro benzene ring substituents is 1. The summed E-state index contributed by atoms with van der Waals surface area (Å²) in [6, 6.07) is 9.86. The highest BCUT2D eigenvalue weighted by atomic mass is 16.6. The Morgan fingerprint density at radius 2 is 1.85 bits per heavy atom. The first-order chi connectivity index (χ1) is 12.9. The van der Waals surface area contributed by atoms with Crippen molar-refractivity contribution in [2.24, 2.45) is 0 Å². The molecule has 8 nitrogen and oxygen atoms in total. The van der Waals surface area contributed by atoms with Gasteiger partial charge in [-0.3, -0.25) is 29.4 Å². The zero-order valence-electron chi connectivity index (χ0n) is 14.6. The molecule has 0 atom stereocenters. The van der Waals surface area contributed by atoms with Crippen molar-refractivity contribution < 1.29 is 19.3 Å². The molecule has 0 unspecified atom stereocenters. The SMILES string of the molecule is CCCCN1C(=O)c2ccc(C(=O)Nc3cccc([N+](=O)[O-])c3)cc2C1=O. The number of fused-ring (bicyclic) bond motifs is 1. The van der Waals surface area contributed by atoms with E-state index in [2.05, 4.69) is 5.32 Å². The van der Waals surface area contributed by atoms with E-state index in [1.807, 2.05) is 6.92 Å². The van der Waals surface area contributed by atoms with Gasteiger partial charge in [-0.2, -0.15) is 0 Å². The predicted molar refractivity (Wildman–Crippen MR) is 97.8 cm³/mol. The molecule has 1 N–H and O–H groups in total. The monoisotopic (exact) mass is 367 g/mol. The van der Waals surface area contributed by atoms with E-state index in [1.165, 1.54) is 47.4 Å². The first kappa shape index (κ1) is 18.2. The van der Waals surface area contributed by atoms with Crippen LogP contribution in [-0.4, -0.2) is 34.1 Å². The minimum atomic E-state index is -0.555.